The zero-order chi connectivity index (χ0) is 23.4. The molecule has 0 radical (unpaired) electrons. The molecule has 1 unspecified atom stereocenters. The smallest absolute Gasteiger partial charge is 0.414 e. The normalized spacial score (nSPS) is 21.7. The molecule has 2 aliphatic heterocycles. The molecule has 8 nitrogen and oxygen atoms in total. The first kappa shape index (κ1) is 23.5. The highest BCUT2D eigenvalue weighted by Crippen LogP contribution is 2.30. The molecule has 4 rings (SSSR count). The maximum atomic E-state index is 15.0. The van der Waals surface area contributed by atoms with Gasteiger partial charge in [-0.25, -0.2) is 9.18 Å². The molecule has 0 bridgehead atoms. The third kappa shape index (κ3) is 5.48. The van der Waals surface area contributed by atoms with Crippen molar-refractivity contribution in [2.24, 2.45) is 5.92 Å². The maximum absolute atomic E-state index is 15.0. The molecule has 1 saturated carbocycles. The minimum Gasteiger partial charge on any atom is -0.474 e. The van der Waals surface area contributed by atoms with Gasteiger partial charge in [0.1, 0.15) is 11.9 Å². The van der Waals surface area contributed by atoms with Gasteiger partial charge in [0.15, 0.2) is 0 Å². The lowest BCUT2D eigenvalue weighted by molar-refractivity contribution is -0.136. The van der Waals surface area contributed by atoms with Gasteiger partial charge in [-0.3, -0.25) is 9.69 Å². The van der Waals surface area contributed by atoms with E-state index >= 15 is 4.39 Å². The SMILES string of the molecule is COC(=S)NCC1CN(c2ccc(N3CCN(C(=O)C4CCCCC4)CC3)c(F)c2)C(=O)O1. The Kier molecular flexibility index (Phi) is 7.52. The number of cyclic esters (lactones) is 1. The Balaban J connectivity index is 1.33. The summed E-state index contributed by atoms with van der Waals surface area (Å²) in [6.07, 6.45) is 4.54. The number of amides is 2. The number of nitrogens with zero attached hydrogens (tertiary/aromatic N) is 3. The first-order chi connectivity index (χ1) is 16.0. The molecule has 10 heteroatoms. The summed E-state index contributed by atoms with van der Waals surface area (Å²) in [7, 11) is 1.46. The van der Waals surface area contributed by atoms with E-state index in [1.807, 2.05) is 9.80 Å². The fourth-order valence-electron chi connectivity index (χ4n) is 4.80. The highest BCUT2D eigenvalue weighted by molar-refractivity contribution is 7.80. The lowest BCUT2D eigenvalue weighted by atomic mass is 9.88. The van der Waals surface area contributed by atoms with Gasteiger partial charge in [-0.2, -0.15) is 0 Å². The number of thiocarbonyl (C=S) groups is 1. The zero-order valence-electron chi connectivity index (χ0n) is 18.9. The summed E-state index contributed by atoms with van der Waals surface area (Å²) >= 11 is 4.93. The summed E-state index contributed by atoms with van der Waals surface area (Å²) in [5.41, 5.74) is 0.934. The van der Waals surface area contributed by atoms with Crippen molar-refractivity contribution >= 4 is 40.8 Å². The average Bonchev–Trinajstić information content (AvgIpc) is 3.23. The third-order valence-electron chi connectivity index (χ3n) is 6.66. The summed E-state index contributed by atoms with van der Waals surface area (Å²) in [6, 6.07) is 4.79. The van der Waals surface area contributed by atoms with Crippen LogP contribution in [-0.4, -0.2) is 74.6 Å². The standard InChI is InChI=1S/C23H31FN4O4S/c1-31-22(33)25-14-18-15-28(23(30)32-18)17-7-8-20(19(24)13-17)26-9-11-27(12-10-26)21(29)16-5-3-2-4-6-16/h7-8,13,16,18H,2-6,9-12,14-15H2,1H3,(H,25,33). The number of halogens is 1. The number of anilines is 2. The first-order valence-electron chi connectivity index (χ1n) is 11.6. The fraction of sp³-hybridized carbons (Fsp3) is 0.609. The van der Waals surface area contributed by atoms with Crippen LogP contribution in [-0.2, 0) is 14.3 Å². The van der Waals surface area contributed by atoms with Gasteiger partial charge in [0.2, 0.25) is 5.91 Å². The van der Waals surface area contributed by atoms with Crippen LogP contribution in [0.1, 0.15) is 32.1 Å². The Morgan fingerprint density at radius 2 is 1.94 bits per heavy atom. The maximum Gasteiger partial charge on any atom is 0.414 e. The number of carbonyl (C=O) groups is 2. The minimum atomic E-state index is -0.521. The number of ether oxygens (including phenoxy) is 2. The van der Waals surface area contributed by atoms with Gasteiger partial charge in [0.25, 0.3) is 5.17 Å². The number of hydrogen-bond acceptors (Lipinski definition) is 6. The number of rotatable bonds is 5. The van der Waals surface area contributed by atoms with Crippen LogP contribution in [0.15, 0.2) is 18.2 Å². The zero-order valence-corrected chi connectivity index (χ0v) is 19.7. The van der Waals surface area contributed by atoms with Crippen molar-refractivity contribution < 1.29 is 23.5 Å². The van der Waals surface area contributed by atoms with E-state index in [-0.39, 0.29) is 17.0 Å². The first-order valence-corrected chi connectivity index (χ1v) is 12.0. The topological polar surface area (TPSA) is 74.4 Å². The average molecular weight is 479 g/mol. The predicted octanol–water partition coefficient (Wildman–Crippen LogP) is 2.90. The van der Waals surface area contributed by atoms with Crippen LogP contribution in [0, 0.1) is 11.7 Å². The quantitative estimate of drug-likeness (QED) is 0.653. The summed E-state index contributed by atoms with van der Waals surface area (Å²) < 4.78 is 25.2. The van der Waals surface area contributed by atoms with Crippen molar-refractivity contribution in [1.29, 1.82) is 0 Å². The molecule has 180 valence electrons. The van der Waals surface area contributed by atoms with E-state index in [9.17, 15) is 9.59 Å². The number of carbonyl (C=O) groups excluding carboxylic acids is 2. The monoisotopic (exact) mass is 478 g/mol. The number of methoxy groups -OCH3 is 1. The molecule has 1 N–H and O–H groups in total. The second-order valence-corrected chi connectivity index (χ2v) is 9.14. The summed E-state index contributed by atoms with van der Waals surface area (Å²) in [6.45, 7) is 3.00. The Morgan fingerprint density at radius 1 is 1.21 bits per heavy atom. The number of piperazine rings is 1. The summed E-state index contributed by atoms with van der Waals surface area (Å²) in [4.78, 5) is 30.4. The lowest BCUT2D eigenvalue weighted by Gasteiger charge is -2.38. The fourth-order valence-corrected chi connectivity index (χ4v) is 4.89. The molecule has 2 saturated heterocycles. The Hall–Kier alpha value is -2.62. The predicted molar refractivity (Wildman–Crippen MR) is 127 cm³/mol. The van der Waals surface area contributed by atoms with Crippen molar-refractivity contribution in [3.05, 3.63) is 24.0 Å². The van der Waals surface area contributed by atoms with Gasteiger partial charge in [-0.05, 0) is 43.3 Å². The molecule has 0 spiro atoms. The second kappa shape index (κ2) is 10.5. The van der Waals surface area contributed by atoms with Crippen molar-refractivity contribution in [1.82, 2.24) is 10.2 Å². The molecule has 1 aromatic rings. The van der Waals surface area contributed by atoms with Gasteiger partial charge in [-0.15, -0.1) is 0 Å². The molecule has 1 atom stereocenters. The summed E-state index contributed by atoms with van der Waals surface area (Å²) in [5, 5.41) is 3.08. The van der Waals surface area contributed by atoms with Gasteiger partial charge in [0, 0.05) is 32.1 Å². The van der Waals surface area contributed by atoms with Gasteiger partial charge >= 0.3 is 6.09 Å². The molecule has 0 aromatic heterocycles. The van der Waals surface area contributed by atoms with Crippen molar-refractivity contribution in [3.63, 3.8) is 0 Å². The molecule has 33 heavy (non-hydrogen) atoms. The van der Waals surface area contributed by atoms with E-state index in [1.54, 1.807) is 12.1 Å². The molecular weight excluding hydrogens is 447 g/mol. The molecule has 2 amide bonds. The number of benzene rings is 1. The van der Waals surface area contributed by atoms with E-state index in [0.717, 1.165) is 25.7 Å². The molecule has 3 aliphatic rings. The Morgan fingerprint density at radius 3 is 2.61 bits per heavy atom. The molecule has 1 aliphatic carbocycles. The van der Waals surface area contributed by atoms with E-state index in [4.69, 9.17) is 21.7 Å². The second-order valence-electron chi connectivity index (χ2n) is 8.77. The van der Waals surface area contributed by atoms with Crippen molar-refractivity contribution in [3.8, 4) is 0 Å². The van der Waals surface area contributed by atoms with Crippen molar-refractivity contribution in [2.45, 2.75) is 38.2 Å². The Labute approximate surface area is 199 Å². The van der Waals surface area contributed by atoms with Gasteiger partial charge in [0.05, 0.1) is 31.6 Å². The van der Waals surface area contributed by atoms with Crippen LogP contribution >= 0.6 is 12.2 Å². The minimum absolute atomic E-state index is 0.158. The van der Waals surface area contributed by atoms with Crippen LogP contribution in [0.3, 0.4) is 0 Å². The van der Waals surface area contributed by atoms with Gasteiger partial charge < -0.3 is 24.6 Å². The van der Waals surface area contributed by atoms with E-state index in [2.05, 4.69) is 5.32 Å². The highest BCUT2D eigenvalue weighted by atomic mass is 32.1. The van der Waals surface area contributed by atoms with Crippen LogP contribution in [0.25, 0.3) is 0 Å². The van der Waals surface area contributed by atoms with Crippen LogP contribution < -0.4 is 15.1 Å². The molecule has 3 fully saturated rings. The molecular formula is C23H31FN4O4S. The van der Waals surface area contributed by atoms with Crippen LogP contribution in [0.5, 0.6) is 0 Å². The largest absolute Gasteiger partial charge is 0.474 e. The van der Waals surface area contributed by atoms with Crippen LogP contribution in [0.4, 0.5) is 20.6 Å². The van der Waals surface area contributed by atoms with E-state index in [0.29, 0.717) is 50.6 Å². The molecule has 1 aromatic carbocycles. The van der Waals surface area contributed by atoms with E-state index < -0.39 is 18.0 Å². The van der Waals surface area contributed by atoms with Crippen molar-refractivity contribution in [2.75, 3.05) is 56.2 Å². The third-order valence-corrected chi connectivity index (χ3v) is 6.97. The van der Waals surface area contributed by atoms with Crippen LogP contribution in [0.2, 0.25) is 0 Å². The number of hydrogen-bond donors (Lipinski definition) is 1. The highest BCUT2D eigenvalue weighted by Gasteiger charge is 2.33. The van der Waals surface area contributed by atoms with E-state index in [1.165, 1.54) is 24.5 Å². The molecule has 2 heterocycles. The Bertz CT molecular complexity index is 887. The number of nitrogens with one attached hydrogen (secondary N) is 1. The summed E-state index contributed by atoms with van der Waals surface area (Å²) in [5.74, 6) is 0.0214. The lowest BCUT2D eigenvalue weighted by Crippen LogP contribution is -2.50. The van der Waals surface area contributed by atoms with Gasteiger partial charge in [-0.1, -0.05) is 19.3 Å².